The Labute approximate surface area is 171 Å². The van der Waals surface area contributed by atoms with Gasteiger partial charge < -0.3 is 18.9 Å². The zero-order chi connectivity index (χ0) is 20.2. The second-order valence-corrected chi connectivity index (χ2v) is 6.65. The van der Waals surface area contributed by atoms with Gasteiger partial charge in [0.15, 0.2) is 12.4 Å². The molecule has 7 nitrogen and oxygen atoms in total. The molecule has 0 spiro atoms. The molecule has 0 radical (unpaired) electrons. The van der Waals surface area contributed by atoms with Gasteiger partial charge in [-0.1, -0.05) is 11.6 Å². The number of aromatic nitrogens is 2. The third-order valence-corrected chi connectivity index (χ3v) is 4.30. The number of furan rings is 1. The highest BCUT2D eigenvalue weighted by molar-refractivity contribution is 6.30. The molecule has 1 amide bonds. The van der Waals surface area contributed by atoms with Crippen LogP contribution in [0.5, 0.6) is 5.75 Å². The van der Waals surface area contributed by atoms with Crippen molar-refractivity contribution in [2.45, 2.75) is 6.92 Å². The first-order valence-electron chi connectivity index (χ1n) is 8.75. The minimum Gasteiger partial charge on any atom is -0.483 e. The van der Waals surface area contributed by atoms with Gasteiger partial charge in [0.1, 0.15) is 5.75 Å². The molecule has 0 atom stereocenters. The zero-order valence-corrected chi connectivity index (χ0v) is 16.1. The third kappa shape index (κ3) is 4.47. The number of hydrogen-bond donors (Lipinski definition) is 1. The van der Waals surface area contributed by atoms with Crippen molar-refractivity contribution in [3.05, 3.63) is 71.4 Å². The smallest absolute Gasteiger partial charge is 0.283 e. The van der Waals surface area contributed by atoms with Gasteiger partial charge in [0.25, 0.3) is 11.8 Å². The Morgan fingerprint density at radius 1 is 1.10 bits per heavy atom. The van der Waals surface area contributed by atoms with Crippen molar-refractivity contribution in [3.8, 4) is 28.9 Å². The Hall–Kier alpha value is -3.58. The molecule has 0 aliphatic heterocycles. The van der Waals surface area contributed by atoms with Crippen LogP contribution in [0.3, 0.4) is 0 Å². The molecular formula is C21H16ClN3O4. The second-order valence-electron chi connectivity index (χ2n) is 6.21. The average molecular weight is 410 g/mol. The quantitative estimate of drug-likeness (QED) is 0.483. The van der Waals surface area contributed by atoms with Crippen LogP contribution in [0.4, 0.5) is 5.69 Å². The van der Waals surface area contributed by atoms with Gasteiger partial charge in [0.05, 0.1) is 6.26 Å². The summed E-state index contributed by atoms with van der Waals surface area (Å²) in [5.74, 6) is 1.50. The van der Waals surface area contributed by atoms with E-state index in [1.807, 2.05) is 6.92 Å². The van der Waals surface area contributed by atoms with E-state index in [-0.39, 0.29) is 12.5 Å². The number of benzene rings is 2. The van der Waals surface area contributed by atoms with Crippen molar-refractivity contribution in [2.24, 2.45) is 0 Å². The number of nitrogens with one attached hydrogen (secondary N) is 1. The number of amides is 1. The van der Waals surface area contributed by atoms with E-state index in [2.05, 4.69) is 15.5 Å². The molecule has 2 aromatic carbocycles. The normalized spacial score (nSPS) is 10.7. The fraction of sp³-hybridized carbons (Fsp3) is 0.0952. The molecule has 2 aromatic heterocycles. The standard InChI is InChI=1S/C21H16ClN3O4/c1-13-11-15(22)6-9-17(13)28-12-19(26)23-16-7-4-14(5-8-16)20-24-25-21(29-20)18-3-2-10-27-18/h2-11H,12H2,1H3,(H,23,26). The molecule has 4 aromatic rings. The largest absolute Gasteiger partial charge is 0.483 e. The highest BCUT2D eigenvalue weighted by Crippen LogP contribution is 2.25. The molecule has 0 unspecified atom stereocenters. The Balaban J connectivity index is 1.36. The second kappa shape index (κ2) is 8.20. The molecular weight excluding hydrogens is 394 g/mol. The van der Waals surface area contributed by atoms with Crippen LogP contribution >= 0.6 is 11.6 Å². The van der Waals surface area contributed by atoms with Crippen LogP contribution in [0.2, 0.25) is 5.02 Å². The number of anilines is 1. The molecule has 2 heterocycles. The Bertz CT molecular complexity index is 1120. The van der Waals surface area contributed by atoms with Crippen LogP contribution in [0, 0.1) is 6.92 Å². The Kier molecular flexibility index (Phi) is 5.31. The van der Waals surface area contributed by atoms with Gasteiger partial charge in [0.2, 0.25) is 5.89 Å². The van der Waals surface area contributed by atoms with Crippen molar-refractivity contribution >= 4 is 23.2 Å². The number of carbonyl (C=O) groups excluding carboxylic acids is 1. The van der Waals surface area contributed by atoms with Gasteiger partial charge in [-0.3, -0.25) is 4.79 Å². The number of carbonyl (C=O) groups is 1. The summed E-state index contributed by atoms with van der Waals surface area (Å²) in [6, 6.07) is 15.8. The lowest BCUT2D eigenvalue weighted by Gasteiger charge is -2.10. The van der Waals surface area contributed by atoms with Crippen LogP contribution in [0.1, 0.15) is 5.56 Å². The molecule has 1 N–H and O–H groups in total. The summed E-state index contributed by atoms with van der Waals surface area (Å²) in [5, 5.41) is 11.4. The van der Waals surface area contributed by atoms with Crippen molar-refractivity contribution in [1.29, 1.82) is 0 Å². The van der Waals surface area contributed by atoms with Gasteiger partial charge in [-0.15, -0.1) is 10.2 Å². The van der Waals surface area contributed by atoms with E-state index in [9.17, 15) is 4.79 Å². The number of hydrogen-bond acceptors (Lipinski definition) is 6. The maximum absolute atomic E-state index is 12.1. The van der Waals surface area contributed by atoms with E-state index in [4.69, 9.17) is 25.2 Å². The topological polar surface area (TPSA) is 90.4 Å². The molecule has 29 heavy (non-hydrogen) atoms. The van der Waals surface area contributed by atoms with Gasteiger partial charge in [-0.25, -0.2) is 0 Å². The van der Waals surface area contributed by atoms with Gasteiger partial charge in [0, 0.05) is 16.3 Å². The highest BCUT2D eigenvalue weighted by Gasteiger charge is 2.13. The van der Waals surface area contributed by atoms with Crippen molar-refractivity contribution < 1.29 is 18.4 Å². The molecule has 146 valence electrons. The van der Waals surface area contributed by atoms with E-state index >= 15 is 0 Å². The maximum atomic E-state index is 12.1. The molecule has 0 saturated heterocycles. The summed E-state index contributed by atoms with van der Waals surface area (Å²) in [4.78, 5) is 12.1. The highest BCUT2D eigenvalue weighted by atomic mass is 35.5. The first kappa shape index (κ1) is 18.8. The van der Waals surface area contributed by atoms with Crippen molar-refractivity contribution in [2.75, 3.05) is 11.9 Å². The van der Waals surface area contributed by atoms with E-state index in [1.54, 1.807) is 54.6 Å². The summed E-state index contributed by atoms with van der Waals surface area (Å²) in [6.07, 6.45) is 1.54. The predicted molar refractivity (Wildman–Crippen MR) is 108 cm³/mol. The van der Waals surface area contributed by atoms with Crippen molar-refractivity contribution in [3.63, 3.8) is 0 Å². The van der Waals surface area contributed by atoms with Crippen LogP contribution in [-0.2, 0) is 4.79 Å². The maximum Gasteiger partial charge on any atom is 0.283 e. The summed E-state index contributed by atoms with van der Waals surface area (Å²) in [6.45, 7) is 1.76. The molecule has 8 heteroatoms. The number of halogens is 1. The number of rotatable bonds is 6. The predicted octanol–water partition coefficient (Wildman–Crippen LogP) is 4.98. The third-order valence-electron chi connectivity index (χ3n) is 4.07. The Morgan fingerprint density at radius 3 is 2.62 bits per heavy atom. The summed E-state index contributed by atoms with van der Waals surface area (Å²) in [5.41, 5.74) is 2.21. The number of aryl methyl sites for hydroxylation is 1. The minimum atomic E-state index is -0.273. The van der Waals surface area contributed by atoms with Crippen LogP contribution in [0.15, 0.2) is 69.7 Å². The lowest BCUT2D eigenvalue weighted by Crippen LogP contribution is -2.20. The van der Waals surface area contributed by atoms with Crippen molar-refractivity contribution in [1.82, 2.24) is 10.2 Å². The molecule has 0 fully saturated rings. The minimum absolute atomic E-state index is 0.111. The summed E-state index contributed by atoms with van der Waals surface area (Å²) in [7, 11) is 0. The lowest BCUT2D eigenvalue weighted by molar-refractivity contribution is -0.118. The first-order chi connectivity index (χ1) is 14.1. The molecule has 0 saturated carbocycles. The molecule has 4 rings (SSSR count). The lowest BCUT2D eigenvalue weighted by atomic mass is 10.2. The summed E-state index contributed by atoms with van der Waals surface area (Å²) >= 11 is 5.92. The van der Waals surface area contributed by atoms with Gasteiger partial charge in [-0.05, 0) is 67.1 Å². The van der Waals surface area contributed by atoms with Crippen LogP contribution in [-0.4, -0.2) is 22.7 Å². The average Bonchev–Trinajstić information content (AvgIpc) is 3.40. The fourth-order valence-electron chi connectivity index (χ4n) is 2.65. The van der Waals surface area contributed by atoms with E-state index in [0.717, 1.165) is 11.1 Å². The molecule has 0 bridgehead atoms. The van der Waals surface area contributed by atoms with E-state index in [0.29, 0.717) is 34.0 Å². The SMILES string of the molecule is Cc1cc(Cl)ccc1OCC(=O)Nc1ccc(-c2nnc(-c3ccco3)o2)cc1. The van der Waals surface area contributed by atoms with Crippen LogP contribution < -0.4 is 10.1 Å². The Morgan fingerprint density at radius 2 is 1.90 bits per heavy atom. The number of ether oxygens (including phenoxy) is 1. The monoisotopic (exact) mass is 409 g/mol. The van der Waals surface area contributed by atoms with E-state index < -0.39 is 0 Å². The van der Waals surface area contributed by atoms with Gasteiger partial charge >= 0.3 is 0 Å². The van der Waals surface area contributed by atoms with Crippen LogP contribution in [0.25, 0.3) is 23.1 Å². The summed E-state index contributed by atoms with van der Waals surface area (Å²) < 4.78 is 16.4. The van der Waals surface area contributed by atoms with Gasteiger partial charge in [-0.2, -0.15) is 0 Å². The zero-order valence-electron chi connectivity index (χ0n) is 15.4. The van der Waals surface area contributed by atoms with E-state index in [1.165, 1.54) is 6.26 Å². The number of nitrogens with zero attached hydrogens (tertiary/aromatic N) is 2. The molecule has 0 aliphatic carbocycles. The fourth-order valence-corrected chi connectivity index (χ4v) is 2.88. The molecule has 0 aliphatic rings. The first-order valence-corrected chi connectivity index (χ1v) is 9.13.